The van der Waals surface area contributed by atoms with Gasteiger partial charge in [-0.15, -0.1) is 0 Å². The topological polar surface area (TPSA) is 20.2 Å². The molecule has 1 atom stereocenters. The van der Waals surface area contributed by atoms with Crippen LogP contribution in [0.5, 0.6) is 0 Å². The molecule has 1 nitrogen and oxygen atoms in total. The molecule has 1 N–H and O–H groups in total. The Kier molecular flexibility index (Phi) is 2.70. The Morgan fingerprint density at radius 1 is 1.42 bits per heavy atom. The van der Waals surface area contributed by atoms with E-state index in [2.05, 4.69) is 0 Å². The maximum absolute atomic E-state index is 13.4. The van der Waals surface area contributed by atoms with Crippen molar-refractivity contribution in [2.75, 3.05) is 6.61 Å². The number of rotatable bonds is 2. The zero-order valence-corrected chi connectivity index (χ0v) is 7.48. The Bertz CT molecular complexity index is 256. The fourth-order valence-electron chi connectivity index (χ4n) is 0.889. The highest BCUT2D eigenvalue weighted by atomic mass is 35.5. The largest absolute Gasteiger partial charge is 0.393 e. The zero-order chi connectivity index (χ0) is 9.19. The Labute approximate surface area is 75.8 Å². The van der Waals surface area contributed by atoms with Crippen molar-refractivity contribution in [3.05, 3.63) is 34.9 Å². The quantitative estimate of drug-likeness (QED) is 0.756. The summed E-state index contributed by atoms with van der Waals surface area (Å²) in [5.41, 5.74) is -1.24. The van der Waals surface area contributed by atoms with Crippen molar-refractivity contribution in [3.63, 3.8) is 0 Å². The lowest BCUT2D eigenvalue weighted by Crippen LogP contribution is -2.19. The van der Waals surface area contributed by atoms with E-state index in [0.717, 1.165) is 0 Å². The molecular formula is C9H10ClFO. The van der Waals surface area contributed by atoms with Crippen LogP contribution in [0.25, 0.3) is 0 Å². The molecule has 0 saturated carbocycles. The highest BCUT2D eigenvalue weighted by molar-refractivity contribution is 6.30. The van der Waals surface area contributed by atoms with Gasteiger partial charge in [0.25, 0.3) is 0 Å². The van der Waals surface area contributed by atoms with Crippen molar-refractivity contribution in [1.29, 1.82) is 0 Å². The predicted molar refractivity (Wildman–Crippen MR) is 47.0 cm³/mol. The van der Waals surface area contributed by atoms with E-state index >= 15 is 0 Å². The van der Waals surface area contributed by atoms with E-state index in [4.69, 9.17) is 16.7 Å². The number of halogens is 2. The molecule has 1 aromatic carbocycles. The first-order valence-electron chi connectivity index (χ1n) is 3.62. The van der Waals surface area contributed by atoms with Gasteiger partial charge in [-0.2, -0.15) is 0 Å². The lowest BCUT2D eigenvalue weighted by Gasteiger charge is -2.17. The number of aliphatic hydroxyl groups is 1. The monoisotopic (exact) mass is 188 g/mol. The van der Waals surface area contributed by atoms with Gasteiger partial charge in [0.15, 0.2) is 5.67 Å². The molecule has 0 amide bonds. The van der Waals surface area contributed by atoms with E-state index in [1.807, 2.05) is 0 Å². The van der Waals surface area contributed by atoms with E-state index in [9.17, 15) is 4.39 Å². The first-order valence-corrected chi connectivity index (χ1v) is 4.00. The van der Waals surface area contributed by atoms with Crippen LogP contribution in [-0.2, 0) is 5.67 Å². The minimum Gasteiger partial charge on any atom is -0.393 e. The van der Waals surface area contributed by atoms with E-state index in [0.29, 0.717) is 10.6 Å². The second-order valence-corrected chi connectivity index (χ2v) is 3.30. The molecule has 12 heavy (non-hydrogen) atoms. The summed E-state index contributed by atoms with van der Waals surface area (Å²) in [7, 11) is 0. The first-order chi connectivity index (χ1) is 5.56. The van der Waals surface area contributed by atoms with Gasteiger partial charge in [0.2, 0.25) is 0 Å². The van der Waals surface area contributed by atoms with Crippen LogP contribution in [0.15, 0.2) is 24.3 Å². The SMILES string of the molecule is C[C@@](F)(CO)c1ccc(Cl)cc1. The van der Waals surface area contributed by atoms with Crippen molar-refractivity contribution in [2.24, 2.45) is 0 Å². The van der Waals surface area contributed by atoms with Crippen LogP contribution in [0.1, 0.15) is 12.5 Å². The highest BCUT2D eigenvalue weighted by Crippen LogP contribution is 2.25. The summed E-state index contributed by atoms with van der Waals surface area (Å²) in [6, 6.07) is 6.34. The van der Waals surface area contributed by atoms with Crippen LogP contribution in [0.4, 0.5) is 4.39 Å². The van der Waals surface area contributed by atoms with Crippen LogP contribution in [0, 0.1) is 0 Å². The molecule has 0 aliphatic heterocycles. The summed E-state index contributed by atoms with van der Waals surface area (Å²) in [5, 5.41) is 9.27. The maximum Gasteiger partial charge on any atom is 0.156 e. The molecule has 0 saturated heterocycles. The van der Waals surface area contributed by atoms with Crippen LogP contribution in [0.3, 0.4) is 0 Å². The van der Waals surface area contributed by atoms with Crippen LogP contribution in [-0.4, -0.2) is 11.7 Å². The summed E-state index contributed by atoms with van der Waals surface area (Å²) < 4.78 is 13.4. The van der Waals surface area contributed by atoms with E-state index in [1.165, 1.54) is 6.92 Å². The third-order valence-electron chi connectivity index (χ3n) is 1.74. The third-order valence-corrected chi connectivity index (χ3v) is 2.00. The average molecular weight is 189 g/mol. The molecule has 0 bridgehead atoms. The lowest BCUT2D eigenvalue weighted by molar-refractivity contribution is 0.0868. The molecule has 0 radical (unpaired) electrons. The smallest absolute Gasteiger partial charge is 0.156 e. The molecule has 1 rings (SSSR count). The van der Waals surface area contributed by atoms with Crippen molar-refractivity contribution in [1.82, 2.24) is 0 Å². The predicted octanol–water partition coefficient (Wildman–Crippen LogP) is 2.52. The van der Waals surface area contributed by atoms with Gasteiger partial charge in [-0.05, 0) is 24.6 Å². The molecule has 0 aliphatic rings. The van der Waals surface area contributed by atoms with E-state index in [1.54, 1.807) is 24.3 Å². The standard InChI is InChI=1S/C9H10ClFO/c1-9(11,6-12)7-2-4-8(10)5-3-7/h2-5,12H,6H2,1H3/t9-/m1/s1. The Hall–Kier alpha value is -0.600. The highest BCUT2D eigenvalue weighted by Gasteiger charge is 2.23. The Balaban J connectivity index is 2.96. The fourth-order valence-corrected chi connectivity index (χ4v) is 1.01. The van der Waals surface area contributed by atoms with E-state index < -0.39 is 12.3 Å². The molecule has 0 aliphatic carbocycles. The Morgan fingerprint density at radius 3 is 2.33 bits per heavy atom. The number of alkyl halides is 1. The molecule has 0 aromatic heterocycles. The summed E-state index contributed by atoms with van der Waals surface area (Å²) in [6.07, 6.45) is 0. The van der Waals surface area contributed by atoms with Gasteiger partial charge < -0.3 is 5.11 Å². The lowest BCUT2D eigenvalue weighted by atomic mass is 9.99. The van der Waals surface area contributed by atoms with Gasteiger partial charge in [-0.1, -0.05) is 23.7 Å². The van der Waals surface area contributed by atoms with Gasteiger partial charge in [0.05, 0.1) is 6.61 Å². The number of aliphatic hydroxyl groups excluding tert-OH is 1. The second-order valence-electron chi connectivity index (χ2n) is 2.86. The second kappa shape index (κ2) is 3.42. The number of hydrogen-bond acceptors (Lipinski definition) is 1. The van der Waals surface area contributed by atoms with Gasteiger partial charge in [0.1, 0.15) is 0 Å². The Morgan fingerprint density at radius 2 is 1.92 bits per heavy atom. The maximum atomic E-state index is 13.4. The van der Waals surface area contributed by atoms with Gasteiger partial charge >= 0.3 is 0 Å². The molecule has 3 heteroatoms. The molecule has 0 heterocycles. The van der Waals surface area contributed by atoms with Gasteiger partial charge in [0, 0.05) is 5.02 Å². The minimum absolute atomic E-state index is 0.439. The first kappa shape index (κ1) is 9.49. The summed E-state index contributed by atoms with van der Waals surface area (Å²) >= 11 is 5.62. The number of hydrogen-bond donors (Lipinski definition) is 1. The summed E-state index contributed by atoms with van der Waals surface area (Å²) in [5.74, 6) is 0. The van der Waals surface area contributed by atoms with Gasteiger partial charge in [-0.3, -0.25) is 0 Å². The zero-order valence-electron chi connectivity index (χ0n) is 6.72. The van der Waals surface area contributed by atoms with E-state index in [-0.39, 0.29) is 0 Å². The van der Waals surface area contributed by atoms with Crippen LogP contribution < -0.4 is 0 Å². The molecule has 0 unspecified atom stereocenters. The minimum atomic E-state index is -1.68. The van der Waals surface area contributed by atoms with Crippen molar-refractivity contribution < 1.29 is 9.50 Å². The average Bonchev–Trinajstić information content (AvgIpc) is 2.05. The van der Waals surface area contributed by atoms with Crippen LogP contribution in [0.2, 0.25) is 5.02 Å². The normalized spacial score (nSPS) is 15.7. The molecule has 0 spiro atoms. The van der Waals surface area contributed by atoms with Crippen LogP contribution >= 0.6 is 11.6 Å². The number of benzene rings is 1. The molecule has 0 fully saturated rings. The molecular weight excluding hydrogens is 179 g/mol. The van der Waals surface area contributed by atoms with Crippen molar-refractivity contribution in [2.45, 2.75) is 12.6 Å². The van der Waals surface area contributed by atoms with Crippen molar-refractivity contribution in [3.8, 4) is 0 Å². The fraction of sp³-hybridized carbons (Fsp3) is 0.333. The van der Waals surface area contributed by atoms with Crippen molar-refractivity contribution >= 4 is 11.6 Å². The van der Waals surface area contributed by atoms with Gasteiger partial charge in [-0.25, -0.2) is 4.39 Å². The summed E-state index contributed by atoms with van der Waals surface area (Å²) in [4.78, 5) is 0. The molecule has 66 valence electrons. The summed E-state index contributed by atoms with van der Waals surface area (Å²) in [6.45, 7) is 0.810. The molecule has 1 aromatic rings. The third kappa shape index (κ3) is 1.96.